The average Bonchev–Trinajstić information content (AvgIpc) is 2.27. The fourth-order valence-electron chi connectivity index (χ4n) is 1.36. The first-order valence-electron chi connectivity index (χ1n) is 5.88. The van der Waals surface area contributed by atoms with Crippen molar-refractivity contribution in [3.63, 3.8) is 0 Å². The van der Waals surface area contributed by atoms with Crippen LogP contribution in [0, 0.1) is 41.4 Å². The summed E-state index contributed by atoms with van der Waals surface area (Å²) in [5, 5.41) is 0. The van der Waals surface area contributed by atoms with Crippen LogP contribution in [0.1, 0.15) is 46.5 Å². The van der Waals surface area contributed by atoms with Crippen molar-refractivity contribution in [1.82, 2.24) is 0 Å². The first-order chi connectivity index (χ1) is 7.81. The zero-order valence-corrected chi connectivity index (χ0v) is 10.6. The molecule has 0 saturated heterocycles. The summed E-state index contributed by atoms with van der Waals surface area (Å²) >= 11 is 0. The Morgan fingerprint density at radius 2 is 1.81 bits per heavy atom. The molecule has 0 saturated carbocycles. The maximum Gasteiger partial charge on any atom is -0.000709 e. The fourth-order valence-corrected chi connectivity index (χ4v) is 1.36. The predicted molar refractivity (Wildman–Crippen MR) is 71.4 cm³/mol. The molecular formula is C16H20. The SMILES string of the molecule is CC#CC#CC#C/C=C/CCC(C)CCC. The summed E-state index contributed by atoms with van der Waals surface area (Å²) in [6.07, 6.45) is 8.95. The van der Waals surface area contributed by atoms with E-state index in [9.17, 15) is 0 Å². The van der Waals surface area contributed by atoms with Crippen molar-refractivity contribution >= 4 is 0 Å². The highest BCUT2D eigenvalue weighted by molar-refractivity contribution is 5.37. The molecule has 0 aromatic rings. The molecule has 0 nitrogen and oxygen atoms in total. The van der Waals surface area contributed by atoms with Gasteiger partial charge in [0.2, 0.25) is 0 Å². The summed E-state index contributed by atoms with van der Waals surface area (Å²) in [4.78, 5) is 0. The van der Waals surface area contributed by atoms with E-state index in [2.05, 4.69) is 55.4 Å². The van der Waals surface area contributed by atoms with E-state index in [0.29, 0.717) is 0 Å². The monoisotopic (exact) mass is 212 g/mol. The molecule has 0 amide bonds. The molecule has 0 aromatic carbocycles. The first-order valence-corrected chi connectivity index (χ1v) is 5.88. The van der Waals surface area contributed by atoms with Crippen LogP contribution in [-0.2, 0) is 0 Å². The van der Waals surface area contributed by atoms with E-state index in [0.717, 1.165) is 12.3 Å². The van der Waals surface area contributed by atoms with Gasteiger partial charge in [-0.15, -0.1) is 0 Å². The van der Waals surface area contributed by atoms with Gasteiger partial charge in [-0.1, -0.05) is 44.6 Å². The standard InChI is InChI=1S/C16H20/c1-4-6-7-8-9-10-11-12-13-15-16(3)14-5-2/h11-12,16H,5,13-15H2,1-3H3/b12-11+. The van der Waals surface area contributed by atoms with E-state index in [-0.39, 0.29) is 0 Å². The average molecular weight is 212 g/mol. The van der Waals surface area contributed by atoms with Crippen LogP contribution < -0.4 is 0 Å². The van der Waals surface area contributed by atoms with Crippen LogP contribution in [-0.4, -0.2) is 0 Å². The summed E-state index contributed by atoms with van der Waals surface area (Å²) in [6.45, 7) is 6.30. The summed E-state index contributed by atoms with van der Waals surface area (Å²) in [6, 6.07) is 0. The van der Waals surface area contributed by atoms with Crippen molar-refractivity contribution in [3.8, 4) is 35.5 Å². The molecular weight excluding hydrogens is 192 g/mol. The van der Waals surface area contributed by atoms with Crippen LogP contribution >= 0.6 is 0 Å². The molecule has 0 aliphatic carbocycles. The molecule has 0 aliphatic heterocycles. The van der Waals surface area contributed by atoms with E-state index >= 15 is 0 Å². The van der Waals surface area contributed by atoms with Gasteiger partial charge in [0.1, 0.15) is 0 Å². The third-order valence-corrected chi connectivity index (χ3v) is 2.19. The molecule has 0 heteroatoms. The zero-order valence-electron chi connectivity index (χ0n) is 10.6. The number of allylic oxidation sites excluding steroid dienone is 2. The van der Waals surface area contributed by atoms with E-state index in [1.807, 2.05) is 6.08 Å². The third kappa shape index (κ3) is 10.5. The smallest absolute Gasteiger partial charge is 0.000709 e. The van der Waals surface area contributed by atoms with Gasteiger partial charge in [-0.25, -0.2) is 0 Å². The second-order valence-corrected chi connectivity index (χ2v) is 3.77. The second-order valence-electron chi connectivity index (χ2n) is 3.77. The van der Waals surface area contributed by atoms with Gasteiger partial charge in [-0.2, -0.15) is 0 Å². The molecule has 0 aliphatic rings. The second kappa shape index (κ2) is 11.5. The molecule has 0 fully saturated rings. The highest BCUT2D eigenvalue weighted by Gasteiger charge is 1.97. The normalized spacial score (nSPS) is 10.4. The van der Waals surface area contributed by atoms with Gasteiger partial charge in [-0.3, -0.25) is 0 Å². The lowest BCUT2D eigenvalue weighted by Crippen LogP contribution is -1.91. The minimum Gasteiger partial charge on any atom is -0.0925 e. The van der Waals surface area contributed by atoms with Crippen LogP contribution in [0.25, 0.3) is 0 Å². The predicted octanol–water partition coefficient (Wildman–Crippen LogP) is 3.79. The number of rotatable bonds is 5. The van der Waals surface area contributed by atoms with E-state index in [1.54, 1.807) is 6.92 Å². The van der Waals surface area contributed by atoms with Crippen LogP contribution in [0.2, 0.25) is 0 Å². The van der Waals surface area contributed by atoms with Crippen molar-refractivity contribution in [2.45, 2.75) is 46.5 Å². The molecule has 1 unspecified atom stereocenters. The van der Waals surface area contributed by atoms with Crippen LogP contribution in [0.15, 0.2) is 12.2 Å². The van der Waals surface area contributed by atoms with Gasteiger partial charge in [0.25, 0.3) is 0 Å². The van der Waals surface area contributed by atoms with E-state index in [4.69, 9.17) is 0 Å². The lowest BCUT2D eigenvalue weighted by atomic mass is 10.0. The molecule has 0 N–H and O–H groups in total. The first kappa shape index (κ1) is 14.4. The van der Waals surface area contributed by atoms with Crippen molar-refractivity contribution in [2.24, 2.45) is 5.92 Å². The summed E-state index contributed by atoms with van der Waals surface area (Å²) in [5.41, 5.74) is 0. The van der Waals surface area contributed by atoms with Crippen molar-refractivity contribution < 1.29 is 0 Å². The van der Waals surface area contributed by atoms with Gasteiger partial charge in [0.15, 0.2) is 0 Å². The van der Waals surface area contributed by atoms with Crippen LogP contribution in [0.3, 0.4) is 0 Å². The zero-order chi connectivity index (χ0) is 12.1. The van der Waals surface area contributed by atoms with E-state index in [1.165, 1.54) is 19.3 Å². The molecule has 0 bridgehead atoms. The van der Waals surface area contributed by atoms with Crippen LogP contribution in [0.4, 0.5) is 0 Å². The largest absolute Gasteiger partial charge is 0.0925 e. The molecule has 0 heterocycles. The van der Waals surface area contributed by atoms with E-state index < -0.39 is 0 Å². The molecule has 16 heavy (non-hydrogen) atoms. The molecule has 0 radical (unpaired) electrons. The lowest BCUT2D eigenvalue weighted by molar-refractivity contribution is 0.491. The molecule has 1 atom stereocenters. The Morgan fingerprint density at radius 1 is 1.06 bits per heavy atom. The third-order valence-electron chi connectivity index (χ3n) is 2.19. The minimum atomic E-state index is 0.822. The summed E-state index contributed by atoms with van der Waals surface area (Å²) in [5.74, 6) is 17.1. The van der Waals surface area contributed by atoms with Gasteiger partial charge in [0, 0.05) is 0 Å². The van der Waals surface area contributed by atoms with Crippen molar-refractivity contribution in [2.75, 3.05) is 0 Å². The Hall–Kier alpha value is -1.58. The van der Waals surface area contributed by atoms with Crippen molar-refractivity contribution in [1.29, 1.82) is 0 Å². The Kier molecular flexibility index (Phi) is 10.4. The molecule has 0 aromatic heterocycles. The highest BCUT2D eigenvalue weighted by Crippen LogP contribution is 2.11. The highest BCUT2D eigenvalue weighted by atomic mass is 14.0. The number of hydrogen-bond donors (Lipinski definition) is 0. The Morgan fingerprint density at radius 3 is 2.50 bits per heavy atom. The molecule has 0 spiro atoms. The summed E-state index contributed by atoms with van der Waals surface area (Å²) in [7, 11) is 0. The molecule has 84 valence electrons. The van der Waals surface area contributed by atoms with Gasteiger partial charge in [-0.05, 0) is 55.4 Å². The lowest BCUT2D eigenvalue weighted by Gasteiger charge is -2.06. The number of hydrogen-bond acceptors (Lipinski definition) is 0. The molecule has 0 rings (SSSR count). The topological polar surface area (TPSA) is 0 Å². The fraction of sp³-hybridized carbons (Fsp3) is 0.500. The van der Waals surface area contributed by atoms with Gasteiger partial charge in [0.05, 0.1) is 0 Å². The van der Waals surface area contributed by atoms with Crippen LogP contribution in [0.5, 0.6) is 0 Å². The summed E-state index contributed by atoms with van der Waals surface area (Å²) < 4.78 is 0. The maximum absolute atomic E-state index is 2.88. The Balaban J connectivity index is 3.69. The maximum atomic E-state index is 2.88. The minimum absolute atomic E-state index is 0.822. The Bertz CT molecular complexity index is 365. The quantitative estimate of drug-likeness (QED) is 0.608. The van der Waals surface area contributed by atoms with Crippen molar-refractivity contribution in [3.05, 3.63) is 12.2 Å². The van der Waals surface area contributed by atoms with Gasteiger partial charge >= 0.3 is 0 Å². The Labute approximate surface area is 101 Å². The van der Waals surface area contributed by atoms with Gasteiger partial charge < -0.3 is 0 Å².